The van der Waals surface area contributed by atoms with Crippen LogP contribution in [-0.4, -0.2) is 55.4 Å². The number of benzene rings is 1. The SMILES string of the molecule is CCCOc1ccc2c(c1)C(c1ccnc(N3CCN(C)CC3)c1)=NC2. The highest BCUT2D eigenvalue weighted by Crippen LogP contribution is 2.28. The van der Waals surface area contributed by atoms with E-state index in [-0.39, 0.29) is 0 Å². The zero-order valence-corrected chi connectivity index (χ0v) is 15.6. The average molecular weight is 350 g/mol. The van der Waals surface area contributed by atoms with Gasteiger partial charge in [-0.25, -0.2) is 4.98 Å². The number of hydrogen-bond donors (Lipinski definition) is 0. The number of piperazine rings is 1. The summed E-state index contributed by atoms with van der Waals surface area (Å²) in [6.45, 7) is 7.80. The van der Waals surface area contributed by atoms with Crippen LogP contribution >= 0.6 is 0 Å². The van der Waals surface area contributed by atoms with E-state index < -0.39 is 0 Å². The summed E-state index contributed by atoms with van der Waals surface area (Å²) in [5, 5.41) is 0. The van der Waals surface area contributed by atoms with Gasteiger partial charge in [0.1, 0.15) is 11.6 Å². The molecule has 2 aliphatic rings. The number of nitrogens with zero attached hydrogens (tertiary/aromatic N) is 4. The quantitative estimate of drug-likeness (QED) is 0.831. The molecule has 5 nitrogen and oxygen atoms in total. The molecule has 1 aromatic heterocycles. The van der Waals surface area contributed by atoms with Crippen LogP contribution in [0.4, 0.5) is 5.82 Å². The molecule has 0 unspecified atom stereocenters. The number of likely N-dealkylation sites (N-methyl/N-ethyl adjacent to an activating group) is 1. The molecule has 3 heterocycles. The lowest BCUT2D eigenvalue weighted by atomic mass is 10.0. The Morgan fingerprint density at radius 2 is 1.92 bits per heavy atom. The van der Waals surface area contributed by atoms with Crippen molar-refractivity contribution in [1.82, 2.24) is 9.88 Å². The van der Waals surface area contributed by atoms with E-state index in [1.165, 1.54) is 11.1 Å². The number of rotatable bonds is 5. The van der Waals surface area contributed by atoms with Crippen LogP contribution in [0.25, 0.3) is 0 Å². The van der Waals surface area contributed by atoms with Crippen molar-refractivity contribution in [3.8, 4) is 5.75 Å². The van der Waals surface area contributed by atoms with Gasteiger partial charge in [-0.05, 0) is 43.3 Å². The molecule has 4 rings (SSSR count). The van der Waals surface area contributed by atoms with E-state index in [1.54, 1.807) is 0 Å². The molecule has 0 spiro atoms. The minimum absolute atomic E-state index is 0.741. The molecule has 0 bridgehead atoms. The van der Waals surface area contributed by atoms with Gasteiger partial charge in [-0.3, -0.25) is 4.99 Å². The molecule has 0 atom stereocenters. The van der Waals surface area contributed by atoms with Crippen LogP contribution in [0.3, 0.4) is 0 Å². The van der Waals surface area contributed by atoms with Crippen LogP contribution in [0.5, 0.6) is 5.75 Å². The minimum atomic E-state index is 0.741. The zero-order valence-electron chi connectivity index (χ0n) is 15.6. The van der Waals surface area contributed by atoms with Gasteiger partial charge in [-0.1, -0.05) is 13.0 Å². The fraction of sp³-hybridized carbons (Fsp3) is 0.429. The molecule has 136 valence electrons. The maximum Gasteiger partial charge on any atom is 0.129 e. The van der Waals surface area contributed by atoms with E-state index in [0.29, 0.717) is 0 Å². The first-order valence-corrected chi connectivity index (χ1v) is 9.45. The topological polar surface area (TPSA) is 41.0 Å². The van der Waals surface area contributed by atoms with E-state index in [0.717, 1.165) is 68.6 Å². The summed E-state index contributed by atoms with van der Waals surface area (Å²) in [6, 6.07) is 10.6. The Morgan fingerprint density at radius 1 is 1.08 bits per heavy atom. The van der Waals surface area contributed by atoms with Crippen molar-refractivity contribution >= 4 is 11.5 Å². The summed E-state index contributed by atoms with van der Waals surface area (Å²) in [4.78, 5) is 14.1. The molecule has 0 amide bonds. The molecule has 1 fully saturated rings. The predicted molar refractivity (Wildman–Crippen MR) is 106 cm³/mol. The summed E-state index contributed by atoms with van der Waals surface area (Å²) in [5.74, 6) is 1.97. The largest absolute Gasteiger partial charge is 0.494 e. The van der Waals surface area contributed by atoms with E-state index in [1.807, 2.05) is 6.20 Å². The van der Waals surface area contributed by atoms with Crippen molar-refractivity contribution in [1.29, 1.82) is 0 Å². The molecule has 0 N–H and O–H groups in total. The molecule has 26 heavy (non-hydrogen) atoms. The number of fused-ring (bicyclic) bond motifs is 1. The second-order valence-corrected chi connectivity index (χ2v) is 7.03. The van der Waals surface area contributed by atoms with Crippen LogP contribution in [0.15, 0.2) is 41.5 Å². The molecule has 1 aromatic carbocycles. The lowest BCUT2D eigenvalue weighted by Crippen LogP contribution is -2.44. The highest BCUT2D eigenvalue weighted by Gasteiger charge is 2.21. The molecule has 0 aliphatic carbocycles. The first kappa shape index (κ1) is 17.0. The van der Waals surface area contributed by atoms with Crippen molar-refractivity contribution < 1.29 is 4.74 Å². The summed E-state index contributed by atoms with van der Waals surface area (Å²) in [5.41, 5.74) is 4.65. The molecule has 0 radical (unpaired) electrons. The molecule has 2 aliphatic heterocycles. The summed E-state index contributed by atoms with van der Waals surface area (Å²) >= 11 is 0. The second kappa shape index (κ2) is 7.46. The van der Waals surface area contributed by atoms with Gasteiger partial charge in [0.05, 0.1) is 18.9 Å². The standard InChI is InChI=1S/C21H26N4O/c1-3-12-26-18-5-4-17-15-23-21(19(17)14-18)16-6-7-22-20(13-16)25-10-8-24(2)9-11-25/h4-7,13-14H,3,8-12,15H2,1-2H3. The van der Waals surface area contributed by atoms with Gasteiger partial charge < -0.3 is 14.5 Å². The van der Waals surface area contributed by atoms with Gasteiger partial charge >= 0.3 is 0 Å². The second-order valence-electron chi connectivity index (χ2n) is 7.03. The van der Waals surface area contributed by atoms with Crippen LogP contribution in [0.1, 0.15) is 30.0 Å². The molecule has 1 saturated heterocycles. The van der Waals surface area contributed by atoms with Gasteiger partial charge in [0.2, 0.25) is 0 Å². The number of aliphatic imine (C=N–C) groups is 1. The van der Waals surface area contributed by atoms with Crippen molar-refractivity contribution in [3.63, 3.8) is 0 Å². The third-order valence-corrected chi connectivity index (χ3v) is 5.06. The van der Waals surface area contributed by atoms with Crippen LogP contribution in [0, 0.1) is 0 Å². The smallest absolute Gasteiger partial charge is 0.129 e. The number of anilines is 1. The van der Waals surface area contributed by atoms with E-state index in [4.69, 9.17) is 9.73 Å². The first-order valence-electron chi connectivity index (χ1n) is 9.45. The van der Waals surface area contributed by atoms with Gasteiger partial charge in [0.25, 0.3) is 0 Å². The Bertz CT molecular complexity index is 809. The molecular weight excluding hydrogens is 324 g/mol. The Morgan fingerprint density at radius 3 is 2.73 bits per heavy atom. The fourth-order valence-electron chi connectivity index (χ4n) is 3.49. The third-order valence-electron chi connectivity index (χ3n) is 5.06. The van der Waals surface area contributed by atoms with E-state index >= 15 is 0 Å². The normalized spacial score (nSPS) is 17.2. The minimum Gasteiger partial charge on any atom is -0.494 e. The van der Waals surface area contributed by atoms with Gasteiger partial charge in [-0.2, -0.15) is 0 Å². The summed E-state index contributed by atoms with van der Waals surface area (Å²) in [7, 11) is 2.17. The lowest BCUT2D eigenvalue weighted by molar-refractivity contribution is 0.312. The van der Waals surface area contributed by atoms with Crippen LogP contribution in [-0.2, 0) is 6.54 Å². The number of ether oxygens (including phenoxy) is 1. The predicted octanol–water partition coefficient (Wildman–Crippen LogP) is 2.97. The molecule has 0 saturated carbocycles. The van der Waals surface area contributed by atoms with E-state index in [9.17, 15) is 0 Å². The van der Waals surface area contributed by atoms with Crippen molar-refractivity contribution in [2.75, 3.05) is 44.7 Å². The number of aromatic nitrogens is 1. The van der Waals surface area contributed by atoms with Crippen molar-refractivity contribution in [2.45, 2.75) is 19.9 Å². The molecular formula is C21H26N4O. The van der Waals surface area contributed by atoms with E-state index in [2.05, 4.69) is 59.1 Å². The Kier molecular flexibility index (Phi) is 4.89. The fourth-order valence-corrected chi connectivity index (χ4v) is 3.49. The zero-order chi connectivity index (χ0) is 17.9. The Balaban J connectivity index is 1.59. The maximum atomic E-state index is 5.81. The number of hydrogen-bond acceptors (Lipinski definition) is 5. The van der Waals surface area contributed by atoms with Gasteiger partial charge in [0, 0.05) is 43.5 Å². The van der Waals surface area contributed by atoms with Crippen LogP contribution < -0.4 is 9.64 Å². The van der Waals surface area contributed by atoms with Crippen molar-refractivity contribution in [3.05, 3.63) is 53.2 Å². The molecule has 2 aromatic rings. The summed E-state index contributed by atoms with van der Waals surface area (Å²) < 4.78 is 5.81. The van der Waals surface area contributed by atoms with Crippen LogP contribution in [0.2, 0.25) is 0 Å². The van der Waals surface area contributed by atoms with Crippen molar-refractivity contribution in [2.24, 2.45) is 4.99 Å². The monoisotopic (exact) mass is 350 g/mol. The average Bonchev–Trinajstić information content (AvgIpc) is 3.10. The Labute approximate surface area is 155 Å². The van der Waals surface area contributed by atoms with Gasteiger partial charge in [-0.15, -0.1) is 0 Å². The lowest BCUT2D eigenvalue weighted by Gasteiger charge is -2.33. The molecule has 5 heteroatoms. The third kappa shape index (κ3) is 3.44. The Hall–Kier alpha value is -2.40. The highest BCUT2D eigenvalue weighted by atomic mass is 16.5. The number of pyridine rings is 1. The van der Waals surface area contributed by atoms with Gasteiger partial charge in [0.15, 0.2) is 0 Å². The highest BCUT2D eigenvalue weighted by molar-refractivity contribution is 6.15. The maximum absolute atomic E-state index is 5.81. The summed E-state index contributed by atoms with van der Waals surface area (Å²) in [6.07, 6.45) is 2.91. The first-order chi connectivity index (χ1) is 12.7.